The second kappa shape index (κ2) is 5.22. The molecule has 0 aliphatic heterocycles. The molecule has 104 valence electrons. The highest BCUT2D eigenvalue weighted by atomic mass is 32.2. The Labute approximate surface area is 115 Å². The zero-order chi connectivity index (χ0) is 14.8. The van der Waals surface area contributed by atoms with Crippen molar-refractivity contribution in [2.24, 2.45) is 0 Å². The molecule has 7 heteroatoms. The van der Waals surface area contributed by atoms with Gasteiger partial charge in [-0.15, -0.1) is 0 Å². The minimum atomic E-state index is -3.97. The average Bonchev–Trinajstić information content (AvgIpc) is 2.41. The van der Waals surface area contributed by atoms with E-state index < -0.39 is 16.0 Å². The Morgan fingerprint density at radius 2 is 1.75 bits per heavy atom. The van der Waals surface area contributed by atoms with Gasteiger partial charge in [0.15, 0.2) is 0 Å². The first kappa shape index (κ1) is 13.9. The van der Waals surface area contributed by atoms with Crippen LogP contribution in [0.2, 0.25) is 0 Å². The summed E-state index contributed by atoms with van der Waals surface area (Å²) in [6.07, 6.45) is 0. The molecule has 3 N–H and O–H groups in total. The van der Waals surface area contributed by atoms with Crippen LogP contribution >= 0.6 is 0 Å². The summed E-state index contributed by atoms with van der Waals surface area (Å²) in [5.41, 5.74) is -0.113. The van der Waals surface area contributed by atoms with Gasteiger partial charge in [0, 0.05) is 0 Å². The molecule has 2 rings (SSSR count). The minimum Gasteiger partial charge on any atom is -0.506 e. The van der Waals surface area contributed by atoms with Crippen molar-refractivity contribution in [1.82, 2.24) is 0 Å². The van der Waals surface area contributed by atoms with Gasteiger partial charge in [-0.3, -0.25) is 4.72 Å². The second-order valence-corrected chi connectivity index (χ2v) is 5.64. The van der Waals surface area contributed by atoms with E-state index in [-0.39, 0.29) is 21.9 Å². The maximum atomic E-state index is 12.1. The van der Waals surface area contributed by atoms with Gasteiger partial charge < -0.3 is 10.2 Å². The third-order valence-corrected chi connectivity index (χ3v) is 3.90. The normalized spacial score (nSPS) is 11.0. The third kappa shape index (κ3) is 2.89. The first-order chi connectivity index (χ1) is 9.40. The fraction of sp³-hybridized carbons (Fsp3) is 0. The molecule has 0 fully saturated rings. The van der Waals surface area contributed by atoms with E-state index in [1.807, 2.05) is 0 Å². The van der Waals surface area contributed by atoms with Crippen molar-refractivity contribution in [2.75, 3.05) is 4.72 Å². The van der Waals surface area contributed by atoms with Crippen LogP contribution in [0.25, 0.3) is 0 Å². The van der Waals surface area contributed by atoms with Crippen LogP contribution in [0.5, 0.6) is 5.75 Å². The predicted molar refractivity (Wildman–Crippen MR) is 72.3 cm³/mol. The summed E-state index contributed by atoms with van der Waals surface area (Å²) in [5, 5.41) is 18.4. The molecule has 0 heterocycles. The largest absolute Gasteiger partial charge is 0.506 e. The third-order valence-electron chi connectivity index (χ3n) is 2.54. The van der Waals surface area contributed by atoms with E-state index in [2.05, 4.69) is 4.72 Å². The van der Waals surface area contributed by atoms with Crippen LogP contribution in [-0.4, -0.2) is 24.6 Å². The fourth-order valence-electron chi connectivity index (χ4n) is 1.56. The summed E-state index contributed by atoms with van der Waals surface area (Å²) < 4.78 is 26.4. The molecule has 6 nitrogen and oxygen atoms in total. The van der Waals surface area contributed by atoms with Gasteiger partial charge >= 0.3 is 5.97 Å². The molecule has 0 aromatic heterocycles. The van der Waals surface area contributed by atoms with E-state index in [0.29, 0.717) is 0 Å². The van der Waals surface area contributed by atoms with E-state index in [9.17, 15) is 18.3 Å². The number of hydrogen-bond acceptors (Lipinski definition) is 4. The van der Waals surface area contributed by atoms with Gasteiger partial charge in [-0.25, -0.2) is 13.2 Å². The minimum absolute atomic E-state index is 0.0215. The average molecular weight is 293 g/mol. The van der Waals surface area contributed by atoms with Crippen molar-refractivity contribution in [3.05, 3.63) is 54.1 Å². The number of hydrogen-bond donors (Lipinski definition) is 3. The van der Waals surface area contributed by atoms with Crippen LogP contribution < -0.4 is 4.72 Å². The van der Waals surface area contributed by atoms with Crippen LogP contribution in [0.1, 0.15) is 10.4 Å². The van der Waals surface area contributed by atoms with Gasteiger partial charge in [-0.05, 0) is 30.3 Å². The van der Waals surface area contributed by atoms with Crippen molar-refractivity contribution in [3.8, 4) is 5.75 Å². The number of aromatic carboxylic acids is 1. The molecule has 2 aromatic rings. The summed E-state index contributed by atoms with van der Waals surface area (Å²) in [6, 6.07) is 10.8. The summed E-state index contributed by atoms with van der Waals surface area (Å²) in [5.74, 6) is -1.44. The summed E-state index contributed by atoms with van der Waals surface area (Å²) in [4.78, 5) is 10.6. The van der Waals surface area contributed by atoms with E-state index in [0.717, 1.165) is 6.07 Å². The summed E-state index contributed by atoms with van der Waals surface area (Å²) >= 11 is 0. The second-order valence-electron chi connectivity index (χ2n) is 3.96. The van der Waals surface area contributed by atoms with Crippen molar-refractivity contribution in [1.29, 1.82) is 0 Å². The molecule has 0 aliphatic rings. The number of carboxylic acid groups (broad SMARTS) is 1. The molecule has 0 unspecified atom stereocenters. The number of phenols is 1. The highest BCUT2D eigenvalue weighted by Gasteiger charge is 2.17. The highest BCUT2D eigenvalue weighted by Crippen LogP contribution is 2.25. The van der Waals surface area contributed by atoms with Crippen LogP contribution in [0.15, 0.2) is 53.4 Å². The van der Waals surface area contributed by atoms with Crippen LogP contribution in [0.3, 0.4) is 0 Å². The zero-order valence-electron chi connectivity index (χ0n) is 10.1. The van der Waals surface area contributed by atoms with Gasteiger partial charge in [0.25, 0.3) is 10.0 Å². The lowest BCUT2D eigenvalue weighted by Gasteiger charge is -2.09. The van der Waals surface area contributed by atoms with E-state index in [1.54, 1.807) is 12.1 Å². The zero-order valence-corrected chi connectivity index (χ0v) is 11.0. The van der Waals surface area contributed by atoms with E-state index in [1.165, 1.54) is 30.3 Å². The number of nitrogens with one attached hydrogen (secondary N) is 1. The molecule has 0 saturated carbocycles. The molecule has 2 aromatic carbocycles. The number of para-hydroxylation sites is 2. The topological polar surface area (TPSA) is 104 Å². The number of carbonyl (C=O) groups is 1. The molecule has 0 radical (unpaired) electrons. The van der Waals surface area contributed by atoms with Gasteiger partial charge in [-0.2, -0.15) is 0 Å². The van der Waals surface area contributed by atoms with Crippen LogP contribution in [0, 0.1) is 0 Å². The number of benzene rings is 2. The first-order valence-electron chi connectivity index (χ1n) is 5.54. The number of anilines is 1. The quantitative estimate of drug-likeness (QED) is 0.747. The SMILES string of the molecule is O=C(O)c1cccc(S(=O)(=O)Nc2ccccc2O)c1. The lowest BCUT2D eigenvalue weighted by atomic mass is 10.2. The summed E-state index contributed by atoms with van der Waals surface area (Å²) in [6.45, 7) is 0. The number of sulfonamides is 1. The molecular weight excluding hydrogens is 282 g/mol. The molecular formula is C13H11NO5S. The van der Waals surface area contributed by atoms with Crippen LogP contribution in [-0.2, 0) is 10.0 Å². The Morgan fingerprint density at radius 3 is 2.40 bits per heavy atom. The number of carboxylic acids is 1. The highest BCUT2D eigenvalue weighted by molar-refractivity contribution is 7.92. The Kier molecular flexibility index (Phi) is 3.62. The van der Waals surface area contributed by atoms with Crippen LogP contribution in [0.4, 0.5) is 5.69 Å². The fourth-order valence-corrected chi connectivity index (χ4v) is 2.68. The Balaban J connectivity index is 2.38. The molecule has 0 bridgehead atoms. The smallest absolute Gasteiger partial charge is 0.335 e. The maximum absolute atomic E-state index is 12.1. The Bertz CT molecular complexity index is 755. The van der Waals surface area contributed by atoms with Crippen molar-refractivity contribution >= 4 is 21.7 Å². The monoisotopic (exact) mass is 293 g/mol. The first-order valence-corrected chi connectivity index (χ1v) is 7.02. The Hall–Kier alpha value is -2.54. The van der Waals surface area contributed by atoms with E-state index >= 15 is 0 Å². The number of phenolic OH excluding ortho intramolecular Hbond substituents is 1. The van der Waals surface area contributed by atoms with Gasteiger partial charge in [-0.1, -0.05) is 18.2 Å². The molecule has 0 saturated heterocycles. The van der Waals surface area contributed by atoms with Crippen molar-refractivity contribution in [2.45, 2.75) is 4.90 Å². The standard InChI is InChI=1S/C13H11NO5S/c15-12-7-2-1-6-11(12)14-20(18,19)10-5-3-4-9(8-10)13(16)17/h1-8,14-15H,(H,16,17). The van der Waals surface area contributed by atoms with E-state index in [4.69, 9.17) is 5.11 Å². The van der Waals surface area contributed by atoms with Crippen molar-refractivity contribution in [3.63, 3.8) is 0 Å². The molecule has 0 atom stereocenters. The Morgan fingerprint density at radius 1 is 1.05 bits per heavy atom. The number of aromatic hydroxyl groups is 1. The molecule has 20 heavy (non-hydrogen) atoms. The van der Waals surface area contributed by atoms with Gasteiger partial charge in [0.2, 0.25) is 0 Å². The lowest BCUT2D eigenvalue weighted by Crippen LogP contribution is -2.13. The predicted octanol–water partition coefficient (Wildman–Crippen LogP) is 1.89. The lowest BCUT2D eigenvalue weighted by molar-refractivity contribution is 0.0696. The maximum Gasteiger partial charge on any atom is 0.335 e. The molecule has 0 spiro atoms. The molecule has 0 amide bonds. The number of rotatable bonds is 4. The summed E-state index contributed by atoms with van der Waals surface area (Å²) in [7, 11) is -3.97. The van der Waals surface area contributed by atoms with Gasteiger partial charge in [0.05, 0.1) is 16.1 Å². The molecule has 0 aliphatic carbocycles. The van der Waals surface area contributed by atoms with Gasteiger partial charge in [0.1, 0.15) is 5.75 Å². The van der Waals surface area contributed by atoms with Crippen molar-refractivity contribution < 1.29 is 23.4 Å².